The van der Waals surface area contributed by atoms with Gasteiger partial charge in [-0.2, -0.15) is 0 Å². The van der Waals surface area contributed by atoms with Gasteiger partial charge in [0.15, 0.2) is 5.78 Å². The van der Waals surface area contributed by atoms with E-state index in [0.29, 0.717) is 27.9 Å². The summed E-state index contributed by atoms with van der Waals surface area (Å²) >= 11 is 0. The fraction of sp³-hybridized carbons (Fsp3) is 0.0455. The van der Waals surface area contributed by atoms with Gasteiger partial charge in [0.2, 0.25) is 0 Å². The number of fused-ring (bicyclic) bond motifs is 1. The molecular formula is C22H15NO3. The zero-order valence-corrected chi connectivity index (χ0v) is 14.1. The van der Waals surface area contributed by atoms with Crippen LogP contribution in [0, 0.1) is 6.92 Å². The monoisotopic (exact) mass is 341 g/mol. The van der Waals surface area contributed by atoms with Crippen molar-refractivity contribution in [3.8, 4) is 0 Å². The Balaban J connectivity index is 1.80. The van der Waals surface area contributed by atoms with Crippen molar-refractivity contribution in [1.82, 2.24) is 0 Å². The highest BCUT2D eigenvalue weighted by Gasteiger charge is 2.37. The molecule has 4 heteroatoms. The molecule has 0 atom stereocenters. The predicted molar refractivity (Wildman–Crippen MR) is 98.6 cm³/mol. The Morgan fingerprint density at radius 1 is 0.731 bits per heavy atom. The van der Waals surface area contributed by atoms with Gasteiger partial charge in [-0.1, -0.05) is 54.1 Å². The number of ketones is 1. The number of amides is 2. The lowest BCUT2D eigenvalue weighted by Crippen LogP contribution is -2.31. The molecule has 0 spiro atoms. The summed E-state index contributed by atoms with van der Waals surface area (Å²) in [6.07, 6.45) is 0. The first-order valence-electron chi connectivity index (χ1n) is 8.26. The number of benzene rings is 3. The van der Waals surface area contributed by atoms with E-state index in [0.717, 1.165) is 10.5 Å². The summed E-state index contributed by atoms with van der Waals surface area (Å²) in [7, 11) is 0. The van der Waals surface area contributed by atoms with Crippen LogP contribution < -0.4 is 4.90 Å². The molecule has 0 saturated carbocycles. The minimum Gasteiger partial charge on any atom is -0.289 e. The second-order valence-corrected chi connectivity index (χ2v) is 6.20. The first-order chi connectivity index (χ1) is 12.6. The number of hydrogen-bond donors (Lipinski definition) is 0. The van der Waals surface area contributed by atoms with Crippen molar-refractivity contribution >= 4 is 23.3 Å². The van der Waals surface area contributed by atoms with Crippen LogP contribution in [0.2, 0.25) is 0 Å². The lowest BCUT2D eigenvalue weighted by molar-refractivity contribution is 0.0926. The first-order valence-corrected chi connectivity index (χ1v) is 8.26. The van der Waals surface area contributed by atoms with E-state index in [1.165, 1.54) is 0 Å². The fourth-order valence-electron chi connectivity index (χ4n) is 3.13. The van der Waals surface area contributed by atoms with Crippen LogP contribution in [0.4, 0.5) is 5.69 Å². The van der Waals surface area contributed by atoms with E-state index in [-0.39, 0.29) is 5.78 Å². The van der Waals surface area contributed by atoms with Crippen LogP contribution in [-0.2, 0) is 0 Å². The van der Waals surface area contributed by atoms with Crippen molar-refractivity contribution in [2.45, 2.75) is 6.92 Å². The Hall–Kier alpha value is -3.53. The van der Waals surface area contributed by atoms with Gasteiger partial charge in [-0.05, 0) is 31.2 Å². The van der Waals surface area contributed by atoms with Crippen molar-refractivity contribution in [2.24, 2.45) is 0 Å². The summed E-state index contributed by atoms with van der Waals surface area (Å²) in [5.41, 5.74) is 2.91. The molecule has 1 aliphatic rings. The Labute approximate surface area is 150 Å². The quantitative estimate of drug-likeness (QED) is 0.534. The standard InChI is InChI=1S/C22H15NO3/c1-14-10-12-15(13-11-14)20(24)18-8-4-5-9-19(18)23-21(25)16-6-2-3-7-17(16)22(23)26/h2-13H,1H3. The number of para-hydroxylation sites is 1. The Morgan fingerprint density at radius 3 is 1.88 bits per heavy atom. The lowest BCUT2D eigenvalue weighted by atomic mass is 10.00. The summed E-state index contributed by atoms with van der Waals surface area (Å²) in [5.74, 6) is -1.04. The Bertz CT molecular complexity index is 1020. The molecule has 0 saturated heterocycles. The maximum Gasteiger partial charge on any atom is 0.266 e. The van der Waals surface area contributed by atoms with E-state index >= 15 is 0 Å². The smallest absolute Gasteiger partial charge is 0.266 e. The molecule has 0 fully saturated rings. The van der Waals surface area contributed by atoms with Gasteiger partial charge >= 0.3 is 0 Å². The van der Waals surface area contributed by atoms with E-state index in [4.69, 9.17) is 0 Å². The summed E-state index contributed by atoms with van der Waals surface area (Å²) in [6, 6.07) is 20.6. The van der Waals surface area contributed by atoms with Crippen LogP contribution in [0.5, 0.6) is 0 Å². The van der Waals surface area contributed by atoms with Crippen molar-refractivity contribution in [1.29, 1.82) is 0 Å². The third kappa shape index (κ3) is 2.43. The average molecular weight is 341 g/mol. The minimum absolute atomic E-state index is 0.225. The van der Waals surface area contributed by atoms with Crippen LogP contribution in [0.15, 0.2) is 72.8 Å². The molecule has 4 nitrogen and oxygen atoms in total. The Morgan fingerprint density at radius 2 is 1.27 bits per heavy atom. The zero-order chi connectivity index (χ0) is 18.3. The highest BCUT2D eigenvalue weighted by Crippen LogP contribution is 2.31. The van der Waals surface area contributed by atoms with Crippen molar-refractivity contribution in [2.75, 3.05) is 4.90 Å². The molecule has 0 aromatic heterocycles. The van der Waals surface area contributed by atoms with Gasteiger partial charge in [-0.3, -0.25) is 14.4 Å². The fourth-order valence-corrected chi connectivity index (χ4v) is 3.13. The largest absolute Gasteiger partial charge is 0.289 e. The van der Waals surface area contributed by atoms with Gasteiger partial charge in [0.05, 0.1) is 16.8 Å². The number of carbonyl (C=O) groups is 3. The van der Waals surface area contributed by atoms with Crippen LogP contribution >= 0.6 is 0 Å². The van der Waals surface area contributed by atoms with Gasteiger partial charge in [-0.25, -0.2) is 4.90 Å². The van der Waals surface area contributed by atoms with Crippen molar-refractivity contribution < 1.29 is 14.4 Å². The molecule has 1 aliphatic heterocycles. The number of aryl methyl sites for hydroxylation is 1. The zero-order valence-electron chi connectivity index (χ0n) is 14.1. The molecule has 0 radical (unpaired) electrons. The topological polar surface area (TPSA) is 54.5 Å². The van der Waals surface area contributed by atoms with E-state index in [1.54, 1.807) is 60.7 Å². The summed E-state index contributed by atoms with van der Waals surface area (Å²) in [5, 5.41) is 0. The van der Waals surface area contributed by atoms with Gasteiger partial charge in [0.1, 0.15) is 0 Å². The minimum atomic E-state index is -0.408. The molecule has 2 amide bonds. The lowest BCUT2D eigenvalue weighted by Gasteiger charge is -2.17. The Kier molecular flexibility index (Phi) is 3.73. The summed E-state index contributed by atoms with van der Waals surface area (Å²) in [4.78, 5) is 39.6. The first kappa shape index (κ1) is 16.0. The normalized spacial score (nSPS) is 13.0. The van der Waals surface area contributed by atoms with Gasteiger partial charge in [0.25, 0.3) is 11.8 Å². The number of anilines is 1. The molecule has 3 aromatic carbocycles. The highest BCUT2D eigenvalue weighted by atomic mass is 16.2. The number of imide groups is 1. The summed E-state index contributed by atoms with van der Waals surface area (Å²) < 4.78 is 0. The third-order valence-corrected chi connectivity index (χ3v) is 4.50. The van der Waals surface area contributed by atoms with Crippen LogP contribution in [0.3, 0.4) is 0 Å². The molecule has 4 rings (SSSR count). The van der Waals surface area contributed by atoms with E-state index < -0.39 is 11.8 Å². The molecule has 0 bridgehead atoms. The number of carbonyl (C=O) groups excluding carboxylic acids is 3. The van der Waals surface area contributed by atoms with Crippen LogP contribution in [0.1, 0.15) is 42.2 Å². The van der Waals surface area contributed by atoms with Crippen molar-refractivity contribution in [3.63, 3.8) is 0 Å². The molecule has 1 heterocycles. The van der Waals surface area contributed by atoms with Crippen LogP contribution in [-0.4, -0.2) is 17.6 Å². The highest BCUT2D eigenvalue weighted by molar-refractivity contribution is 6.35. The van der Waals surface area contributed by atoms with Gasteiger partial charge < -0.3 is 0 Å². The number of rotatable bonds is 3. The molecular weight excluding hydrogens is 326 g/mol. The van der Waals surface area contributed by atoms with Crippen LogP contribution in [0.25, 0.3) is 0 Å². The third-order valence-electron chi connectivity index (χ3n) is 4.50. The number of hydrogen-bond acceptors (Lipinski definition) is 3. The second-order valence-electron chi connectivity index (χ2n) is 6.20. The average Bonchev–Trinajstić information content (AvgIpc) is 2.93. The number of nitrogens with zero attached hydrogens (tertiary/aromatic N) is 1. The SMILES string of the molecule is Cc1ccc(C(=O)c2ccccc2N2C(=O)c3ccccc3C2=O)cc1. The van der Waals surface area contributed by atoms with Crippen molar-refractivity contribution in [3.05, 3.63) is 101 Å². The molecule has 3 aromatic rings. The molecule has 0 aliphatic carbocycles. The maximum absolute atomic E-state index is 13.0. The molecule has 26 heavy (non-hydrogen) atoms. The van der Waals surface area contributed by atoms with E-state index in [9.17, 15) is 14.4 Å². The molecule has 0 N–H and O–H groups in total. The van der Waals surface area contributed by atoms with E-state index in [1.807, 2.05) is 19.1 Å². The van der Waals surface area contributed by atoms with Gasteiger partial charge in [0, 0.05) is 11.1 Å². The maximum atomic E-state index is 13.0. The summed E-state index contributed by atoms with van der Waals surface area (Å²) in [6.45, 7) is 1.95. The molecule has 126 valence electrons. The molecule has 0 unspecified atom stereocenters. The van der Waals surface area contributed by atoms with E-state index in [2.05, 4.69) is 0 Å². The second kappa shape index (κ2) is 6.08. The predicted octanol–water partition coefficient (Wildman–Crippen LogP) is 4.03. The van der Waals surface area contributed by atoms with Gasteiger partial charge in [-0.15, -0.1) is 0 Å².